The van der Waals surface area contributed by atoms with Crippen LogP contribution in [0.3, 0.4) is 0 Å². The van der Waals surface area contributed by atoms with Gasteiger partial charge in [-0.2, -0.15) is 13.2 Å². The summed E-state index contributed by atoms with van der Waals surface area (Å²) in [5, 5.41) is 0.639. The number of pyridine rings is 2. The van der Waals surface area contributed by atoms with Gasteiger partial charge in [0.2, 0.25) is 5.91 Å². The van der Waals surface area contributed by atoms with Crippen LogP contribution in [0, 0.1) is 19.8 Å². The third kappa shape index (κ3) is 3.66. The van der Waals surface area contributed by atoms with Crippen LogP contribution in [0.25, 0.3) is 0 Å². The van der Waals surface area contributed by atoms with E-state index in [2.05, 4.69) is 9.97 Å². The number of carbonyl (C=O) groups excluding carboxylic acids is 1. The highest BCUT2D eigenvalue weighted by molar-refractivity contribution is 6.32. The SMILES string of the molecule is Cc1nc2c(c(C)c1Cl)CN(C(=O)C1CCN(c3ccc(C(F)(F)F)nc3)C1)C2. The molecule has 1 saturated heterocycles. The van der Waals surface area contributed by atoms with Gasteiger partial charge in [-0.15, -0.1) is 0 Å². The standard InChI is InChI=1S/C20H20ClF3N4O/c1-11-15-9-28(10-16(15)26-12(2)18(11)21)19(29)13-5-6-27(8-13)14-3-4-17(25-7-14)20(22,23)24/h3-4,7,13H,5-6,8-10H2,1-2H3. The minimum absolute atomic E-state index is 0.0403. The summed E-state index contributed by atoms with van der Waals surface area (Å²) in [4.78, 5) is 24.8. The molecular formula is C20H20ClF3N4O. The van der Waals surface area contributed by atoms with E-state index in [1.54, 1.807) is 4.90 Å². The van der Waals surface area contributed by atoms with E-state index in [-0.39, 0.29) is 11.8 Å². The van der Waals surface area contributed by atoms with Crippen molar-refractivity contribution in [3.63, 3.8) is 0 Å². The fourth-order valence-corrected chi connectivity index (χ4v) is 4.21. The zero-order chi connectivity index (χ0) is 20.9. The second kappa shape index (κ2) is 7.16. The third-order valence-electron chi connectivity index (χ3n) is 5.69. The Hall–Kier alpha value is -2.35. The predicted molar refractivity (Wildman–Crippen MR) is 103 cm³/mol. The Bertz CT molecular complexity index is 962. The Labute approximate surface area is 171 Å². The van der Waals surface area contributed by atoms with Gasteiger partial charge in [-0.1, -0.05) is 11.6 Å². The molecule has 1 fully saturated rings. The van der Waals surface area contributed by atoms with Crippen molar-refractivity contribution < 1.29 is 18.0 Å². The van der Waals surface area contributed by atoms with Gasteiger partial charge in [-0.25, -0.2) is 4.98 Å². The number of aryl methyl sites for hydroxylation is 1. The van der Waals surface area contributed by atoms with Crippen LogP contribution in [0.4, 0.5) is 18.9 Å². The van der Waals surface area contributed by atoms with E-state index in [1.807, 2.05) is 18.7 Å². The molecule has 2 aromatic heterocycles. The van der Waals surface area contributed by atoms with Gasteiger partial charge in [-0.3, -0.25) is 9.78 Å². The summed E-state index contributed by atoms with van der Waals surface area (Å²) >= 11 is 6.29. The molecule has 29 heavy (non-hydrogen) atoms. The molecule has 0 saturated carbocycles. The molecule has 4 rings (SSSR count). The average molecular weight is 425 g/mol. The lowest BCUT2D eigenvalue weighted by Gasteiger charge is -2.21. The number of rotatable bonds is 2. The maximum atomic E-state index is 13.0. The van der Waals surface area contributed by atoms with Gasteiger partial charge >= 0.3 is 6.18 Å². The number of hydrogen-bond donors (Lipinski definition) is 0. The number of hydrogen-bond acceptors (Lipinski definition) is 4. The molecule has 2 aliphatic heterocycles. The van der Waals surface area contributed by atoms with Crippen molar-refractivity contribution in [3.05, 3.63) is 51.6 Å². The number of amides is 1. The Kier molecular flexibility index (Phi) is 4.93. The maximum absolute atomic E-state index is 13.0. The molecule has 5 nitrogen and oxygen atoms in total. The van der Waals surface area contributed by atoms with E-state index < -0.39 is 11.9 Å². The molecule has 1 amide bonds. The molecule has 1 atom stereocenters. The van der Waals surface area contributed by atoms with Crippen LogP contribution in [0.2, 0.25) is 5.02 Å². The first kappa shape index (κ1) is 19.9. The summed E-state index contributed by atoms with van der Waals surface area (Å²) in [5.74, 6) is -0.165. The first-order valence-electron chi connectivity index (χ1n) is 9.36. The number of anilines is 1. The largest absolute Gasteiger partial charge is 0.433 e. The number of alkyl halides is 3. The molecule has 1 unspecified atom stereocenters. The van der Waals surface area contributed by atoms with E-state index >= 15 is 0 Å². The summed E-state index contributed by atoms with van der Waals surface area (Å²) in [6.45, 7) is 5.82. The lowest BCUT2D eigenvalue weighted by molar-refractivity contribution is -0.141. The summed E-state index contributed by atoms with van der Waals surface area (Å²) in [5.41, 5.74) is 3.31. The fourth-order valence-electron chi connectivity index (χ4n) is 4.06. The number of halogens is 4. The van der Waals surface area contributed by atoms with Crippen LogP contribution >= 0.6 is 11.6 Å². The van der Waals surface area contributed by atoms with Gasteiger partial charge in [-0.05, 0) is 43.5 Å². The monoisotopic (exact) mass is 424 g/mol. The third-order valence-corrected chi connectivity index (χ3v) is 6.25. The van der Waals surface area contributed by atoms with Crippen LogP contribution < -0.4 is 4.90 Å². The summed E-state index contributed by atoms with van der Waals surface area (Å²) in [6.07, 6.45) is -2.58. The van der Waals surface area contributed by atoms with Crippen LogP contribution in [0.15, 0.2) is 18.3 Å². The van der Waals surface area contributed by atoms with Crippen molar-refractivity contribution in [2.24, 2.45) is 5.92 Å². The first-order valence-corrected chi connectivity index (χ1v) is 9.74. The topological polar surface area (TPSA) is 49.3 Å². The number of fused-ring (bicyclic) bond motifs is 1. The molecule has 154 valence electrons. The lowest BCUT2D eigenvalue weighted by Crippen LogP contribution is -2.34. The van der Waals surface area contributed by atoms with E-state index in [1.165, 1.54) is 12.3 Å². The molecule has 0 radical (unpaired) electrons. The van der Waals surface area contributed by atoms with Crippen LogP contribution in [0.1, 0.15) is 34.6 Å². The maximum Gasteiger partial charge on any atom is 0.433 e. The van der Waals surface area contributed by atoms with E-state index in [0.717, 1.165) is 28.6 Å². The predicted octanol–water partition coefficient (Wildman–Crippen LogP) is 4.13. The van der Waals surface area contributed by atoms with Gasteiger partial charge in [0.1, 0.15) is 5.69 Å². The molecule has 0 spiro atoms. The molecule has 2 aliphatic rings. The highest BCUT2D eigenvalue weighted by Crippen LogP contribution is 2.34. The molecule has 0 bridgehead atoms. The van der Waals surface area contributed by atoms with Crippen molar-refractivity contribution >= 4 is 23.2 Å². The molecule has 0 N–H and O–H groups in total. The Morgan fingerprint density at radius 1 is 1.24 bits per heavy atom. The van der Waals surface area contributed by atoms with Crippen molar-refractivity contribution in [2.45, 2.75) is 39.5 Å². The smallest absolute Gasteiger partial charge is 0.369 e. The molecule has 9 heteroatoms. The Morgan fingerprint density at radius 2 is 2.00 bits per heavy atom. The van der Waals surface area contributed by atoms with Crippen LogP contribution in [-0.2, 0) is 24.1 Å². The first-order chi connectivity index (χ1) is 13.6. The normalized spacial score (nSPS) is 19.0. The number of aromatic nitrogens is 2. The van der Waals surface area contributed by atoms with Gasteiger partial charge in [0.25, 0.3) is 0 Å². The van der Waals surface area contributed by atoms with Gasteiger partial charge < -0.3 is 9.80 Å². The second-order valence-corrected chi connectivity index (χ2v) is 7.96. The molecule has 0 aliphatic carbocycles. The Morgan fingerprint density at radius 3 is 2.66 bits per heavy atom. The minimum Gasteiger partial charge on any atom is -0.369 e. The van der Waals surface area contributed by atoms with Crippen LogP contribution in [0.5, 0.6) is 0 Å². The van der Waals surface area contributed by atoms with E-state index in [9.17, 15) is 18.0 Å². The van der Waals surface area contributed by atoms with E-state index in [4.69, 9.17) is 11.6 Å². The van der Waals surface area contributed by atoms with Crippen molar-refractivity contribution in [3.8, 4) is 0 Å². The zero-order valence-electron chi connectivity index (χ0n) is 16.1. The van der Waals surface area contributed by atoms with Gasteiger partial charge in [0.05, 0.1) is 40.8 Å². The molecule has 0 aromatic carbocycles. The minimum atomic E-state index is -4.46. The lowest BCUT2D eigenvalue weighted by atomic mass is 10.1. The number of carbonyl (C=O) groups is 1. The van der Waals surface area contributed by atoms with E-state index in [0.29, 0.717) is 43.3 Å². The highest BCUT2D eigenvalue weighted by Gasteiger charge is 2.36. The second-order valence-electron chi connectivity index (χ2n) is 7.59. The summed E-state index contributed by atoms with van der Waals surface area (Å²) in [6, 6.07) is 2.38. The van der Waals surface area contributed by atoms with Crippen molar-refractivity contribution in [2.75, 3.05) is 18.0 Å². The summed E-state index contributed by atoms with van der Waals surface area (Å²) in [7, 11) is 0. The van der Waals surface area contributed by atoms with Crippen molar-refractivity contribution in [1.82, 2.24) is 14.9 Å². The summed E-state index contributed by atoms with van der Waals surface area (Å²) < 4.78 is 38.1. The Balaban J connectivity index is 1.43. The van der Waals surface area contributed by atoms with Gasteiger partial charge in [0, 0.05) is 19.6 Å². The zero-order valence-corrected chi connectivity index (χ0v) is 16.8. The quantitative estimate of drug-likeness (QED) is 0.727. The van der Waals surface area contributed by atoms with Crippen molar-refractivity contribution in [1.29, 1.82) is 0 Å². The fraction of sp³-hybridized carbons (Fsp3) is 0.450. The molecular weight excluding hydrogens is 405 g/mol. The van der Waals surface area contributed by atoms with Crippen LogP contribution in [-0.4, -0.2) is 33.9 Å². The molecule has 4 heterocycles. The number of nitrogens with zero attached hydrogens (tertiary/aromatic N) is 4. The average Bonchev–Trinajstić information content (AvgIpc) is 3.33. The highest BCUT2D eigenvalue weighted by atomic mass is 35.5. The van der Waals surface area contributed by atoms with Gasteiger partial charge in [0.15, 0.2) is 0 Å². The molecule has 2 aromatic rings.